The van der Waals surface area contributed by atoms with Crippen LogP contribution in [0, 0.1) is 5.82 Å². The quantitative estimate of drug-likeness (QED) is 0.733. The van der Waals surface area contributed by atoms with Crippen molar-refractivity contribution in [2.45, 2.75) is 0 Å². The molecule has 64 valence electrons. The van der Waals surface area contributed by atoms with Gasteiger partial charge in [-0.2, -0.15) is 0 Å². The van der Waals surface area contributed by atoms with Crippen molar-refractivity contribution >= 4 is 6.08 Å². The SMILES string of the molecule is C=Cc1cc(O)c(OC)cc1F. The number of rotatable bonds is 2. The molecular formula is C9H9FO2. The number of methoxy groups -OCH3 is 1. The third kappa shape index (κ3) is 1.39. The van der Waals surface area contributed by atoms with Crippen molar-refractivity contribution in [1.82, 2.24) is 0 Å². The molecule has 1 aromatic rings. The minimum Gasteiger partial charge on any atom is -0.504 e. The maximum Gasteiger partial charge on any atom is 0.163 e. The summed E-state index contributed by atoms with van der Waals surface area (Å²) >= 11 is 0. The van der Waals surface area contributed by atoms with Gasteiger partial charge in [-0.25, -0.2) is 4.39 Å². The van der Waals surface area contributed by atoms with Crippen LogP contribution in [-0.2, 0) is 0 Å². The van der Waals surface area contributed by atoms with Gasteiger partial charge in [0.05, 0.1) is 7.11 Å². The van der Waals surface area contributed by atoms with Gasteiger partial charge in [0.15, 0.2) is 11.5 Å². The highest BCUT2D eigenvalue weighted by atomic mass is 19.1. The zero-order valence-electron chi connectivity index (χ0n) is 6.67. The third-order valence-corrected chi connectivity index (χ3v) is 1.52. The molecular weight excluding hydrogens is 159 g/mol. The highest BCUT2D eigenvalue weighted by Crippen LogP contribution is 2.28. The van der Waals surface area contributed by atoms with Crippen LogP contribution in [-0.4, -0.2) is 12.2 Å². The van der Waals surface area contributed by atoms with Crippen LogP contribution in [0.4, 0.5) is 4.39 Å². The van der Waals surface area contributed by atoms with Gasteiger partial charge in [0.1, 0.15) is 5.82 Å². The molecule has 2 nitrogen and oxygen atoms in total. The van der Waals surface area contributed by atoms with Crippen LogP contribution in [0.15, 0.2) is 18.7 Å². The summed E-state index contributed by atoms with van der Waals surface area (Å²) in [4.78, 5) is 0. The lowest BCUT2D eigenvalue weighted by atomic mass is 10.2. The van der Waals surface area contributed by atoms with Gasteiger partial charge in [-0.15, -0.1) is 0 Å². The summed E-state index contributed by atoms with van der Waals surface area (Å²) in [6.45, 7) is 3.40. The van der Waals surface area contributed by atoms with E-state index >= 15 is 0 Å². The molecule has 0 amide bonds. The Bertz CT molecular complexity index is 308. The maximum atomic E-state index is 13.0. The zero-order chi connectivity index (χ0) is 9.14. The van der Waals surface area contributed by atoms with Crippen molar-refractivity contribution in [3.8, 4) is 11.5 Å². The smallest absolute Gasteiger partial charge is 0.163 e. The molecule has 1 aromatic carbocycles. The summed E-state index contributed by atoms with van der Waals surface area (Å²) in [6, 6.07) is 2.38. The fourth-order valence-corrected chi connectivity index (χ4v) is 0.880. The second-order valence-corrected chi connectivity index (χ2v) is 2.25. The summed E-state index contributed by atoms with van der Waals surface area (Å²) in [5.74, 6) is -0.424. The number of phenolic OH excluding ortho intramolecular Hbond substituents is 1. The zero-order valence-corrected chi connectivity index (χ0v) is 6.67. The first-order valence-corrected chi connectivity index (χ1v) is 3.38. The van der Waals surface area contributed by atoms with E-state index in [2.05, 4.69) is 6.58 Å². The molecule has 0 bridgehead atoms. The lowest BCUT2D eigenvalue weighted by Crippen LogP contribution is -1.87. The first-order valence-electron chi connectivity index (χ1n) is 3.38. The largest absolute Gasteiger partial charge is 0.504 e. The van der Waals surface area contributed by atoms with Gasteiger partial charge in [0, 0.05) is 11.6 Å². The maximum absolute atomic E-state index is 13.0. The fraction of sp³-hybridized carbons (Fsp3) is 0.111. The van der Waals surface area contributed by atoms with E-state index in [4.69, 9.17) is 4.74 Å². The molecule has 0 saturated carbocycles. The van der Waals surface area contributed by atoms with Gasteiger partial charge in [-0.05, 0) is 6.07 Å². The predicted octanol–water partition coefficient (Wildman–Crippen LogP) is 2.18. The first kappa shape index (κ1) is 8.59. The van der Waals surface area contributed by atoms with E-state index in [1.807, 2.05) is 0 Å². The average Bonchev–Trinajstić information content (AvgIpc) is 2.08. The number of aromatic hydroxyl groups is 1. The molecule has 1 rings (SSSR count). The van der Waals surface area contributed by atoms with Crippen LogP contribution < -0.4 is 4.74 Å². The van der Waals surface area contributed by atoms with E-state index in [1.165, 1.54) is 19.3 Å². The molecule has 0 aromatic heterocycles. The van der Waals surface area contributed by atoms with Gasteiger partial charge in [0.2, 0.25) is 0 Å². The van der Waals surface area contributed by atoms with E-state index in [0.717, 1.165) is 6.07 Å². The molecule has 0 spiro atoms. The second-order valence-electron chi connectivity index (χ2n) is 2.25. The molecule has 0 unspecified atom stereocenters. The Balaban J connectivity index is 3.25. The number of hydrogen-bond donors (Lipinski definition) is 1. The van der Waals surface area contributed by atoms with E-state index in [1.54, 1.807) is 0 Å². The molecule has 0 radical (unpaired) electrons. The van der Waals surface area contributed by atoms with Crippen LogP contribution in [0.2, 0.25) is 0 Å². The molecule has 0 saturated heterocycles. The van der Waals surface area contributed by atoms with E-state index in [9.17, 15) is 9.50 Å². The molecule has 0 fully saturated rings. The molecule has 12 heavy (non-hydrogen) atoms. The van der Waals surface area contributed by atoms with Crippen LogP contribution >= 0.6 is 0 Å². The average molecular weight is 168 g/mol. The van der Waals surface area contributed by atoms with Crippen LogP contribution in [0.5, 0.6) is 11.5 Å². The Morgan fingerprint density at radius 1 is 1.58 bits per heavy atom. The monoisotopic (exact) mass is 168 g/mol. The molecule has 1 N–H and O–H groups in total. The molecule has 0 aliphatic rings. The Hall–Kier alpha value is -1.51. The van der Waals surface area contributed by atoms with Crippen molar-refractivity contribution in [3.63, 3.8) is 0 Å². The predicted molar refractivity (Wildman–Crippen MR) is 44.7 cm³/mol. The highest BCUT2D eigenvalue weighted by Gasteiger charge is 2.06. The number of ether oxygens (including phenoxy) is 1. The van der Waals surface area contributed by atoms with Crippen molar-refractivity contribution < 1.29 is 14.2 Å². The van der Waals surface area contributed by atoms with Crippen LogP contribution in [0.3, 0.4) is 0 Å². The van der Waals surface area contributed by atoms with Crippen molar-refractivity contribution in [2.75, 3.05) is 7.11 Å². The second kappa shape index (κ2) is 3.26. The Morgan fingerprint density at radius 3 is 2.75 bits per heavy atom. The standard InChI is InChI=1S/C9H9FO2/c1-3-6-4-8(11)9(12-2)5-7(6)10/h3-5,11H,1H2,2H3. The summed E-state index contributed by atoms with van der Waals surface area (Å²) in [6.07, 6.45) is 1.33. The van der Waals surface area contributed by atoms with Crippen molar-refractivity contribution in [2.24, 2.45) is 0 Å². The van der Waals surface area contributed by atoms with Crippen molar-refractivity contribution in [1.29, 1.82) is 0 Å². The van der Waals surface area contributed by atoms with Gasteiger partial charge in [-0.1, -0.05) is 12.7 Å². The third-order valence-electron chi connectivity index (χ3n) is 1.52. The summed E-state index contributed by atoms with van der Waals surface area (Å²) in [5, 5.41) is 9.21. The molecule has 0 heterocycles. The van der Waals surface area contributed by atoms with Gasteiger partial charge in [-0.3, -0.25) is 0 Å². The molecule has 0 atom stereocenters. The normalized spacial score (nSPS) is 9.50. The lowest BCUT2D eigenvalue weighted by molar-refractivity contribution is 0.370. The number of benzene rings is 1. The topological polar surface area (TPSA) is 29.5 Å². The number of phenols is 1. The summed E-state index contributed by atoms with van der Waals surface area (Å²) in [5.41, 5.74) is 0.258. The van der Waals surface area contributed by atoms with Gasteiger partial charge < -0.3 is 9.84 Å². The Labute approximate surface area is 69.9 Å². The van der Waals surface area contributed by atoms with E-state index < -0.39 is 5.82 Å². The summed E-state index contributed by atoms with van der Waals surface area (Å²) < 4.78 is 17.7. The molecule has 0 aliphatic heterocycles. The fourth-order valence-electron chi connectivity index (χ4n) is 0.880. The van der Waals surface area contributed by atoms with Gasteiger partial charge >= 0.3 is 0 Å². The minimum atomic E-state index is -0.459. The lowest BCUT2D eigenvalue weighted by Gasteiger charge is -2.04. The molecule has 3 heteroatoms. The van der Waals surface area contributed by atoms with Crippen molar-refractivity contribution in [3.05, 3.63) is 30.1 Å². The minimum absolute atomic E-state index is 0.0891. The Morgan fingerprint density at radius 2 is 2.25 bits per heavy atom. The summed E-state index contributed by atoms with van der Waals surface area (Å²) in [7, 11) is 1.36. The van der Waals surface area contributed by atoms with Crippen LogP contribution in [0.1, 0.15) is 5.56 Å². The number of hydrogen-bond acceptors (Lipinski definition) is 2. The highest BCUT2D eigenvalue weighted by molar-refractivity contribution is 5.54. The molecule has 0 aliphatic carbocycles. The number of halogens is 1. The van der Waals surface area contributed by atoms with E-state index in [-0.39, 0.29) is 17.1 Å². The van der Waals surface area contributed by atoms with E-state index in [0.29, 0.717) is 0 Å². The van der Waals surface area contributed by atoms with Crippen LogP contribution in [0.25, 0.3) is 6.08 Å². The van der Waals surface area contributed by atoms with Gasteiger partial charge in [0.25, 0.3) is 0 Å². The Kier molecular flexibility index (Phi) is 2.33. The first-order chi connectivity index (χ1) is 5.69.